The number of aryl methyl sites for hydroxylation is 1. The molecule has 2 aromatic rings. The maximum absolute atomic E-state index is 6.13. The van der Waals surface area contributed by atoms with Gasteiger partial charge in [0.05, 0.1) is 0 Å². The summed E-state index contributed by atoms with van der Waals surface area (Å²) in [5, 5.41) is 2.44. The first-order chi connectivity index (χ1) is 9.07. The standard InChI is InChI=1S/C16H16O.C2H6/c1-11-10-12-6-4-5-7-14(12)15-13(11)8-9-16(2,3)17-15;1-2/h4-10H,1-3H3;1-2H3. The summed E-state index contributed by atoms with van der Waals surface area (Å²) in [5.74, 6) is 1.02. The van der Waals surface area contributed by atoms with Gasteiger partial charge in [-0.05, 0) is 37.8 Å². The minimum absolute atomic E-state index is 0.219. The summed E-state index contributed by atoms with van der Waals surface area (Å²) in [6.45, 7) is 10.3. The molecular weight excluding hydrogens is 232 g/mol. The smallest absolute Gasteiger partial charge is 0.135 e. The van der Waals surface area contributed by atoms with Gasteiger partial charge in [-0.3, -0.25) is 0 Å². The van der Waals surface area contributed by atoms with Crippen molar-refractivity contribution in [2.75, 3.05) is 0 Å². The lowest BCUT2D eigenvalue weighted by molar-refractivity contribution is 0.161. The first-order valence-corrected chi connectivity index (χ1v) is 6.97. The topological polar surface area (TPSA) is 9.23 Å². The van der Waals surface area contributed by atoms with E-state index >= 15 is 0 Å². The fourth-order valence-corrected chi connectivity index (χ4v) is 2.36. The van der Waals surface area contributed by atoms with Gasteiger partial charge in [0.15, 0.2) is 0 Å². The van der Waals surface area contributed by atoms with Crippen molar-refractivity contribution in [2.24, 2.45) is 0 Å². The molecule has 0 amide bonds. The van der Waals surface area contributed by atoms with Crippen molar-refractivity contribution in [3.8, 4) is 5.75 Å². The van der Waals surface area contributed by atoms with Crippen LogP contribution in [0.5, 0.6) is 5.75 Å². The number of ether oxygens (including phenoxy) is 1. The maximum atomic E-state index is 6.13. The normalized spacial score (nSPS) is 15.2. The van der Waals surface area contributed by atoms with E-state index in [1.165, 1.54) is 21.9 Å². The van der Waals surface area contributed by atoms with Crippen LogP contribution in [0, 0.1) is 6.92 Å². The van der Waals surface area contributed by atoms with E-state index in [1.807, 2.05) is 13.8 Å². The minimum atomic E-state index is -0.219. The van der Waals surface area contributed by atoms with Gasteiger partial charge in [-0.2, -0.15) is 0 Å². The molecule has 100 valence electrons. The lowest BCUT2D eigenvalue weighted by Gasteiger charge is -2.29. The Morgan fingerprint density at radius 3 is 2.47 bits per heavy atom. The number of hydrogen-bond donors (Lipinski definition) is 0. The minimum Gasteiger partial charge on any atom is -0.482 e. The highest BCUT2D eigenvalue weighted by Gasteiger charge is 2.24. The third kappa shape index (κ3) is 2.51. The molecular formula is C18H22O. The monoisotopic (exact) mass is 254 g/mol. The van der Waals surface area contributed by atoms with Crippen molar-refractivity contribution >= 4 is 16.8 Å². The highest BCUT2D eigenvalue weighted by Crippen LogP contribution is 2.39. The summed E-state index contributed by atoms with van der Waals surface area (Å²) in [4.78, 5) is 0. The fraction of sp³-hybridized carbons (Fsp3) is 0.333. The second-order valence-electron chi connectivity index (χ2n) is 5.20. The summed E-state index contributed by atoms with van der Waals surface area (Å²) >= 11 is 0. The van der Waals surface area contributed by atoms with Gasteiger partial charge in [0.2, 0.25) is 0 Å². The molecule has 19 heavy (non-hydrogen) atoms. The van der Waals surface area contributed by atoms with Crippen LogP contribution in [0.3, 0.4) is 0 Å². The highest BCUT2D eigenvalue weighted by atomic mass is 16.5. The van der Waals surface area contributed by atoms with E-state index in [2.05, 4.69) is 63.3 Å². The zero-order valence-corrected chi connectivity index (χ0v) is 12.4. The molecule has 0 fully saturated rings. The van der Waals surface area contributed by atoms with Crippen LogP contribution in [-0.4, -0.2) is 5.60 Å². The molecule has 0 spiro atoms. The lowest BCUT2D eigenvalue weighted by Crippen LogP contribution is -2.27. The van der Waals surface area contributed by atoms with Crippen LogP contribution in [0.4, 0.5) is 0 Å². The summed E-state index contributed by atoms with van der Waals surface area (Å²) in [7, 11) is 0. The molecule has 2 aromatic carbocycles. The molecule has 0 saturated carbocycles. The van der Waals surface area contributed by atoms with Gasteiger partial charge in [-0.25, -0.2) is 0 Å². The Labute approximate surface area is 115 Å². The van der Waals surface area contributed by atoms with Gasteiger partial charge in [-0.1, -0.05) is 50.3 Å². The van der Waals surface area contributed by atoms with Crippen LogP contribution >= 0.6 is 0 Å². The average Bonchev–Trinajstić information content (AvgIpc) is 2.40. The first kappa shape index (κ1) is 13.7. The molecule has 1 aliphatic rings. The Kier molecular flexibility index (Phi) is 3.66. The molecule has 0 bridgehead atoms. The van der Waals surface area contributed by atoms with Crippen molar-refractivity contribution in [3.05, 3.63) is 47.5 Å². The number of benzene rings is 2. The van der Waals surface area contributed by atoms with Crippen LogP contribution in [0.2, 0.25) is 0 Å². The third-order valence-electron chi connectivity index (χ3n) is 3.26. The molecule has 0 atom stereocenters. The van der Waals surface area contributed by atoms with Crippen molar-refractivity contribution in [3.63, 3.8) is 0 Å². The van der Waals surface area contributed by atoms with Gasteiger partial charge in [0.25, 0.3) is 0 Å². The number of rotatable bonds is 0. The zero-order chi connectivity index (χ0) is 14.0. The Balaban J connectivity index is 0.000000637. The Bertz CT molecular complexity index is 621. The zero-order valence-electron chi connectivity index (χ0n) is 12.4. The van der Waals surface area contributed by atoms with Crippen molar-refractivity contribution < 1.29 is 4.74 Å². The van der Waals surface area contributed by atoms with Crippen molar-refractivity contribution in [1.82, 2.24) is 0 Å². The van der Waals surface area contributed by atoms with E-state index < -0.39 is 0 Å². The van der Waals surface area contributed by atoms with Gasteiger partial charge in [-0.15, -0.1) is 0 Å². The van der Waals surface area contributed by atoms with Gasteiger partial charge in [0, 0.05) is 10.9 Å². The Hall–Kier alpha value is -1.76. The maximum Gasteiger partial charge on any atom is 0.135 e. The molecule has 0 saturated heterocycles. The molecule has 0 aromatic heterocycles. The average molecular weight is 254 g/mol. The Morgan fingerprint density at radius 1 is 1.05 bits per heavy atom. The first-order valence-electron chi connectivity index (χ1n) is 6.97. The molecule has 0 N–H and O–H groups in total. The molecule has 1 nitrogen and oxygen atoms in total. The SMILES string of the molecule is CC.Cc1cc2ccccc2c2c1C=CC(C)(C)O2. The van der Waals surface area contributed by atoms with E-state index in [9.17, 15) is 0 Å². The molecule has 0 unspecified atom stereocenters. The van der Waals surface area contributed by atoms with E-state index in [1.54, 1.807) is 0 Å². The fourth-order valence-electron chi connectivity index (χ4n) is 2.36. The highest BCUT2D eigenvalue weighted by molar-refractivity contribution is 5.93. The van der Waals surface area contributed by atoms with Crippen molar-refractivity contribution in [2.45, 2.75) is 40.2 Å². The number of fused-ring (bicyclic) bond motifs is 3. The quantitative estimate of drug-likeness (QED) is 0.615. The third-order valence-corrected chi connectivity index (χ3v) is 3.26. The van der Waals surface area contributed by atoms with E-state index in [0.717, 1.165) is 5.75 Å². The molecule has 3 rings (SSSR count). The van der Waals surface area contributed by atoms with Crippen LogP contribution in [0.1, 0.15) is 38.8 Å². The summed E-state index contributed by atoms with van der Waals surface area (Å²) < 4.78 is 6.13. The molecule has 1 heteroatoms. The van der Waals surface area contributed by atoms with Gasteiger partial charge in [0.1, 0.15) is 11.4 Å². The molecule has 0 radical (unpaired) electrons. The molecule has 1 aliphatic heterocycles. The predicted octanol–water partition coefficient (Wildman–Crippen LogP) is 5.36. The van der Waals surface area contributed by atoms with Crippen LogP contribution in [0.15, 0.2) is 36.4 Å². The second-order valence-corrected chi connectivity index (χ2v) is 5.20. The van der Waals surface area contributed by atoms with E-state index in [-0.39, 0.29) is 5.60 Å². The number of hydrogen-bond acceptors (Lipinski definition) is 1. The summed E-state index contributed by atoms with van der Waals surface area (Å²) in [6.07, 6.45) is 4.30. The Morgan fingerprint density at radius 2 is 1.74 bits per heavy atom. The van der Waals surface area contributed by atoms with E-state index in [4.69, 9.17) is 4.74 Å². The lowest BCUT2D eigenvalue weighted by atomic mass is 9.95. The van der Waals surface area contributed by atoms with Crippen LogP contribution in [-0.2, 0) is 0 Å². The second kappa shape index (κ2) is 5.08. The molecule has 1 heterocycles. The summed E-state index contributed by atoms with van der Waals surface area (Å²) in [5.41, 5.74) is 2.26. The van der Waals surface area contributed by atoms with Crippen LogP contribution < -0.4 is 4.74 Å². The van der Waals surface area contributed by atoms with Gasteiger partial charge >= 0.3 is 0 Å². The van der Waals surface area contributed by atoms with Crippen LogP contribution in [0.25, 0.3) is 16.8 Å². The predicted molar refractivity (Wildman–Crippen MR) is 83.8 cm³/mol. The van der Waals surface area contributed by atoms with E-state index in [0.29, 0.717) is 0 Å². The van der Waals surface area contributed by atoms with Gasteiger partial charge < -0.3 is 4.74 Å². The molecule has 0 aliphatic carbocycles. The summed E-state index contributed by atoms with van der Waals surface area (Å²) in [6, 6.07) is 10.6. The largest absolute Gasteiger partial charge is 0.482 e. The van der Waals surface area contributed by atoms with Crippen molar-refractivity contribution in [1.29, 1.82) is 0 Å².